The van der Waals surface area contributed by atoms with Gasteiger partial charge in [0.1, 0.15) is 5.82 Å². The van der Waals surface area contributed by atoms with Gasteiger partial charge in [-0.05, 0) is 44.4 Å². The van der Waals surface area contributed by atoms with Crippen molar-refractivity contribution < 1.29 is 4.39 Å². The Morgan fingerprint density at radius 2 is 2.12 bits per heavy atom. The third kappa shape index (κ3) is 3.52. The van der Waals surface area contributed by atoms with Gasteiger partial charge >= 0.3 is 0 Å². The first-order valence-corrected chi connectivity index (χ1v) is 7.14. The first-order valence-electron chi connectivity index (χ1n) is 6.35. The van der Waals surface area contributed by atoms with Gasteiger partial charge in [-0.25, -0.2) is 4.39 Å². The van der Waals surface area contributed by atoms with E-state index in [-0.39, 0.29) is 11.9 Å². The molecule has 1 aliphatic carbocycles. The van der Waals surface area contributed by atoms with Gasteiger partial charge in [-0.1, -0.05) is 34.8 Å². The van der Waals surface area contributed by atoms with Crippen LogP contribution in [0.2, 0.25) is 0 Å². The summed E-state index contributed by atoms with van der Waals surface area (Å²) in [5, 5.41) is 3.45. The Bertz CT molecular complexity index is 374. The molecular formula is C14H19BrFN. The smallest absolute Gasteiger partial charge is 0.129 e. The molecule has 0 bridgehead atoms. The van der Waals surface area contributed by atoms with Crippen molar-refractivity contribution in [2.75, 3.05) is 6.54 Å². The molecule has 1 nitrogen and oxygen atoms in total. The molecule has 1 atom stereocenters. The molecule has 1 fully saturated rings. The highest BCUT2D eigenvalue weighted by Gasteiger charge is 2.17. The van der Waals surface area contributed by atoms with Gasteiger partial charge in [0, 0.05) is 16.1 Å². The van der Waals surface area contributed by atoms with E-state index in [1.807, 2.05) is 19.1 Å². The number of rotatable bonds is 4. The van der Waals surface area contributed by atoms with E-state index in [0.717, 1.165) is 22.5 Å². The summed E-state index contributed by atoms with van der Waals surface area (Å²) in [6, 6.07) is 5.37. The topological polar surface area (TPSA) is 12.0 Å². The Morgan fingerprint density at radius 3 is 2.76 bits per heavy atom. The van der Waals surface area contributed by atoms with Crippen LogP contribution in [0.4, 0.5) is 4.39 Å². The van der Waals surface area contributed by atoms with Crippen LogP contribution in [0.5, 0.6) is 0 Å². The van der Waals surface area contributed by atoms with Crippen molar-refractivity contribution in [1.82, 2.24) is 5.32 Å². The molecule has 0 radical (unpaired) electrons. The lowest BCUT2D eigenvalue weighted by Crippen LogP contribution is -2.25. The molecule has 94 valence electrons. The summed E-state index contributed by atoms with van der Waals surface area (Å²) in [6.07, 6.45) is 5.35. The third-order valence-corrected chi connectivity index (χ3v) is 4.11. The molecular weight excluding hydrogens is 281 g/mol. The molecule has 0 saturated heterocycles. The molecule has 1 unspecified atom stereocenters. The molecule has 1 aromatic rings. The average Bonchev–Trinajstić information content (AvgIpc) is 2.78. The normalized spacial score (nSPS) is 18.5. The van der Waals surface area contributed by atoms with Gasteiger partial charge in [-0.2, -0.15) is 0 Å². The maximum Gasteiger partial charge on any atom is 0.129 e. The Kier molecular flexibility index (Phi) is 4.57. The number of hydrogen-bond donors (Lipinski definition) is 1. The molecule has 1 N–H and O–H groups in total. The van der Waals surface area contributed by atoms with Crippen LogP contribution in [0.25, 0.3) is 0 Å². The van der Waals surface area contributed by atoms with Crippen LogP contribution in [-0.4, -0.2) is 6.54 Å². The van der Waals surface area contributed by atoms with Crippen molar-refractivity contribution in [3.05, 3.63) is 34.1 Å². The van der Waals surface area contributed by atoms with Gasteiger partial charge in [-0.15, -0.1) is 0 Å². The zero-order valence-electron chi connectivity index (χ0n) is 10.2. The molecule has 17 heavy (non-hydrogen) atoms. The van der Waals surface area contributed by atoms with E-state index in [4.69, 9.17) is 0 Å². The molecule has 0 heterocycles. The fourth-order valence-corrected chi connectivity index (χ4v) is 2.85. The first kappa shape index (κ1) is 13.0. The fourth-order valence-electron chi connectivity index (χ4n) is 2.52. The number of halogens is 2. The summed E-state index contributed by atoms with van der Waals surface area (Å²) in [6.45, 7) is 3.04. The highest BCUT2D eigenvalue weighted by molar-refractivity contribution is 9.10. The van der Waals surface area contributed by atoms with Crippen LogP contribution in [0.15, 0.2) is 22.7 Å². The molecule has 1 aromatic carbocycles. The monoisotopic (exact) mass is 299 g/mol. The summed E-state index contributed by atoms with van der Waals surface area (Å²) in [5.74, 6) is 0.654. The standard InChI is InChI=1S/C14H19BrFN/c1-10(17-9-11-4-2-3-5-11)13-7-6-12(15)8-14(13)16/h6-8,10-11,17H,2-5,9H2,1H3. The maximum atomic E-state index is 13.7. The zero-order chi connectivity index (χ0) is 12.3. The second kappa shape index (κ2) is 5.96. The minimum atomic E-state index is -0.134. The predicted octanol–water partition coefficient (Wildman–Crippen LogP) is 4.43. The summed E-state index contributed by atoms with van der Waals surface area (Å²) in [5.41, 5.74) is 0.756. The van der Waals surface area contributed by atoms with Crippen molar-refractivity contribution in [3.63, 3.8) is 0 Å². The average molecular weight is 300 g/mol. The summed E-state index contributed by atoms with van der Waals surface area (Å²) < 4.78 is 14.5. The lowest BCUT2D eigenvalue weighted by Gasteiger charge is -2.18. The molecule has 0 amide bonds. The summed E-state index contributed by atoms with van der Waals surface area (Å²) >= 11 is 3.28. The zero-order valence-corrected chi connectivity index (χ0v) is 11.8. The molecule has 2 rings (SSSR count). The minimum Gasteiger partial charge on any atom is -0.310 e. The van der Waals surface area contributed by atoms with Gasteiger partial charge < -0.3 is 5.32 Å². The third-order valence-electron chi connectivity index (χ3n) is 3.62. The Hall–Kier alpha value is -0.410. The summed E-state index contributed by atoms with van der Waals surface area (Å²) in [7, 11) is 0. The van der Waals surface area contributed by atoms with E-state index in [0.29, 0.717) is 0 Å². The second-order valence-electron chi connectivity index (χ2n) is 4.95. The van der Waals surface area contributed by atoms with E-state index in [1.54, 1.807) is 0 Å². The minimum absolute atomic E-state index is 0.0868. The quantitative estimate of drug-likeness (QED) is 0.867. The van der Waals surface area contributed by atoms with Crippen LogP contribution < -0.4 is 5.32 Å². The number of hydrogen-bond acceptors (Lipinski definition) is 1. The van der Waals surface area contributed by atoms with Crippen molar-refractivity contribution >= 4 is 15.9 Å². The number of benzene rings is 1. The van der Waals surface area contributed by atoms with E-state index >= 15 is 0 Å². The molecule has 0 aromatic heterocycles. The van der Waals surface area contributed by atoms with Gasteiger partial charge in [0.15, 0.2) is 0 Å². The van der Waals surface area contributed by atoms with Gasteiger partial charge in [0.2, 0.25) is 0 Å². The van der Waals surface area contributed by atoms with Crippen LogP contribution in [0.3, 0.4) is 0 Å². The van der Waals surface area contributed by atoms with Crippen LogP contribution >= 0.6 is 15.9 Å². The first-order chi connectivity index (χ1) is 8.16. The number of nitrogens with one attached hydrogen (secondary N) is 1. The predicted molar refractivity (Wildman–Crippen MR) is 72.5 cm³/mol. The Labute approximate surface area is 111 Å². The molecule has 0 aliphatic heterocycles. The Balaban J connectivity index is 1.91. The molecule has 1 aliphatic rings. The van der Waals surface area contributed by atoms with Crippen molar-refractivity contribution in [3.8, 4) is 0 Å². The van der Waals surface area contributed by atoms with Crippen molar-refractivity contribution in [1.29, 1.82) is 0 Å². The van der Waals surface area contributed by atoms with Gasteiger partial charge in [0.25, 0.3) is 0 Å². The van der Waals surface area contributed by atoms with E-state index in [9.17, 15) is 4.39 Å². The lowest BCUT2D eigenvalue weighted by atomic mass is 10.1. The molecule has 0 spiro atoms. The lowest BCUT2D eigenvalue weighted by molar-refractivity contribution is 0.443. The van der Waals surface area contributed by atoms with Crippen LogP contribution in [-0.2, 0) is 0 Å². The van der Waals surface area contributed by atoms with Crippen LogP contribution in [0, 0.1) is 11.7 Å². The fraction of sp³-hybridized carbons (Fsp3) is 0.571. The molecule has 3 heteroatoms. The molecule has 1 saturated carbocycles. The SMILES string of the molecule is CC(NCC1CCCC1)c1ccc(Br)cc1F. The highest BCUT2D eigenvalue weighted by atomic mass is 79.9. The second-order valence-corrected chi connectivity index (χ2v) is 5.86. The van der Waals surface area contributed by atoms with Crippen molar-refractivity contribution in [2.24, 2.45) is 5.92 Å². The van der Waals surface area contributed by atoms with E-state index < -0.39 is 0 Å². The van der Waals surface area contributed by atoms with E-state index in [2.05, 4.69) is 21.2 Å². The highest BCUT2D eigenvalue weighted by Crippen LogP contribution is 2.25. The van der Waals surface area contributed by atoms with Gasteiger partial charge in [-0.3, -0.25) is 0 Å². The Morgan fingerprint density at radius 1 is 1.41 bits per heavy atom. The van der Waals surface area contributed by atoms with Gasteiger partial charge in [0.05, 0.1) is 0 Å². The maximum absolute atomic E-state index is 13.7. The van der Waals surface area contributed by atoms with Crippen LogP contribution in [0.1, 0.15) is 44.2 Å². The largest absolute Gasteiger partial charge is 0.310 e. The van der Waals surface area contributed by atoms with Crippen molar-refractivity contribution in [2.45, 2.75) is 38.6 Å². The summed E-state index contributed by atoms with van der Waals surface area (Å²) in [4.78, 5) is 0. The van der Waals surface area contributed by atoms with E-state index in [1.165, 1.54) is 31.7 Å².